The van der Waals surface area contributed by atoms with E-state index in [1.54, 1.807) is 6.20 Å². The van der Waals surface area contributed by atoms with Gasteiger partial charge in [0.15, 0.2) is 0 Å². The summed E-state index contributed by atoms with van der Waals surface area (Å²) in [5.74, 6) is -0.0394. The molecular weight excluding hydrogens is 348 g/mol. The molecule has 3 aromatic rings. The van der Waals surface area contributed by atoms with Gasteiger partial charge in [-0.25, -0.2) is 4.68 Å². The Morgan fingerprint density at radius 2 is 1.86 bits per heavy atom. The molecule has 1 amide bonds. The molecule has 1 unspecified atom stereocenters. The zero-order valence-corrected chi connectivity index (χ0v) is 16.4. The van der Waals surface area contributed by atoms with Crippen molar-refractivity contribution in [3.63, 3.8) is 0 Å². The van der Waals surface area contributed by atoms with Crippen molar-refractivity contribution >= 4 is 5.91 Å². The molecule has 1 atom stereocenters. The van der Waals surface area contributed by atoms with Crippen LogP contribution in [0, 0.1) is 13.8 Å². The fraction of sp³-hybridized carbons (Fsp3) is 0.304. The molecule has 1 aliphatic rings. The zero-order chi connectivity index (χ0) is 19.5. The van der Waals surface area contributed by atoms with Crippen molar-refractivity contribution in [3.05, 3.63) is 83.2 Å². The molecule has 5 nitrogen and oxygen atoms in total. The van der Waals surface area contributed by atoms with E-state index < -0.39 is 0 Å². The highest BCUT2D eigenvalue weighted by atomic mass is 16.1. The maximum atomic E-state index is 12.8. The number of nitrogens with one attached hydrogen (secondary N) is 1. The van der Waals surface area contributed by atoms with Crippen LogP contribution in [0.4, 0.5) is 0 Å². The Balaban J connectivity index is 1.39. The monoisotopic (exact) mass is 374 g/mol. The molecule has 5 heteroatoms. The summed E-state index contributed by atoms with van der Waals surface area (Å²) in [5.41, 5.74) is 4.98. The lowest BCUT2D eigenvalue weighted by Gasteiger charge is -2.16. The maximum Gasteiger partial charge on any atom is 0.255 e. The van der Waals surface area contributed by atoms with Crippen molar-refractivity contribution in [2.24, 2.45) is 0 Å². The molecule has 0 radical (unpaired) electrons. The second-order valence-electron chi connectivity index (χ2n) is 7.57. The third-order valence-corrected chi connectivity index (χ3v) is 5.39. The van der Waals surface area contributed by atoms with Crippen LogP contribution in [0.1, 0.15) is 33.6 Å². The molecule has 0 saturated carbocycles. The Hall–Kier alpha value is -2.92. The molecular formula is C23H26N4O. The van der Waals surface area contributed by atoms with Gasteiger partial charge in [0.2, 0.25) is 0 Å². The second-order valence-corrected chi connectivity index (χ2v) is 7.57. The van der Waals surface area contributed by atoms with Gasteiger partial charge in [-0.15, -0.1) is 0 Å². The highest BCUT2D eigenvalue weighted by Gasteiger charge is 2.25. The minimum absolute atomic E-state index is 0.0394. The predicted octanol–water partition coefficient (Wildman–Crippen LogP) is 3.49. The van der Waals surface area contributed by atoms with E-state index in [2.05, 4.69) is 58.6 Å². The summed E-state index contributed by atoms with van der Waals surface area (Å²) in [5, 5.41) is 7.62. The average Bonchev–Trinajstić information content (AvgIpc) is 3.29. The van der Waals surface area contributed by atoms with Gasteiger partial charge in [0.1, 0.15) is 0 Å². The summed E-state index contributed by atoms with van der Waals surface area (Å²) in [6.07, 6.45) is 2.64. The number of aromatic nitrogens is 2. The molecule has 0 spiro atoms. The minimum Gasteiger partial charge on any atom is -0.348 e. The van der Waals surface area contributed by atoms with E-state index in [-0.39, 0.29) is 11.9 Å². The molecule has 1 N–H and O–H groups in total. The Morgan fingerprint density at radius 3 is 2.61 bits per heavy atom. The van der Waals surface area contributed by atoms with Gasteiger partial charge in [0, 0.05) is 25.7 Å². The van der Waals surface area contributed by atoms with Gasteiger partial charge in [0.25, 0.3) is 5.91 Å². The molecule has 1 aliphatic heterocycles. The number of carbonyl (C=O) groups is 1. The van der Waals surface area contributed by atoms with Crippen LogP contribution in [0.25, 0.3) is 5.69 Å². The smallest absolute Gasteiger partial charge is 0.255 e. The normalized spacial score (nSPS) is 17.0. The largest absolute Gasteiger partial charge is 0.348 e. The van der Waals surface area contributed by atoms with Crippen LogP contribution in [0.15, 0.2) is 60.8 Å². The number of likely N-dealkylation sites (tertiary alicyclic amines) is 1. The van der Waals surface area contributed by atoms with Gasteiger partial charge in [-0.05, 0) is 38.0 Å². The van der Waals surface area contributed by atoms with Crippen LogP contribution in [0.3, 0.4) is 0 Å². The lowest BCUT2D eigenvalue weighted by atomic mass is 10.2. The summed E-state index contributed by atoms with van der Waals surface area (Å²) in [4.78, 5) is 15.2. The quantitative estimate of drug-likeness (QED) is 0.744. The van der Waals surface area contributed by atoms with Crippen molar-refractivity contribution in [3.8, 4) is 5.69 Å². The molecule has 2 aromatic carbocycles. The first-order chi connectivity index (χ1) is 13.6. The van der Waals surface area contributed by atoms with Gasteiger partial charge in [-0.1, -0.05) is 48.0 Å². The molecule has 1 aromatic heterocycles. The highest BCUT2D eigenvalue weighted by Crippen LogP contribution is 2.17. The number of amides is 1. The molecule has 0 bridgehead atoms. The molecule has 2 heterocycles. The summed E-state index contributed by atoms with van der Waals surface area (Å²) in [6, 6.07) is 18.8. The number of aryl methyl sites for hydroxylation is 1. The molecule has 1 fully saturated rings. The van der Waals surface area contributed by atoms with E-state index in [1.165, 1.54) is 11.1 Å². The van der Waals surface area contributed by atoms with Crippen LogP contribution in [-0.4, -0.2) is 39.7 Å². The number of hydrogen-bond donors (Lipinski definition) is 1. The first kappa shape index (κ1) is 18.4. The van der Waals surface area contributed by atoms with Crippen molar-refractivity contribution in [1.29, 1.82) is 0 Å². The lowest BCUT2D eigenvalue weighted by molar-refractivity contribution is 0.0937. The summed E-state index contributed by atoms with van der Waals surface area (Å²) < 4.78 is 1.82. The Kier molecular flexibility index (Phi) is 5.26. The molecule has 4 rings (SSSR count). The van der Waals surface area contributed by atoms with Gasteiger partial charge in [-0.3, -0.25) is 9.69 Å². The van der Waals surface area contributed by atoms with E-state index in [0.717, 1.165) is 37.4 Å². The van der Waals surface area contributed by atoms with E-state index >= 15 is 0 Å². The van der Waals surface area contributed by atoms with Gasteiger partial charge in [-0.2, -0.15) is 5.10 Å². The topological polar surface area (TPSA) is 50.2 Å². The van der Waals surface area contributed by atoms with E-state index in [0.29, 0.717) is 5.56 Å². The highest BCUT2D eigenvalue weighted by molar-refractivity contribution is 5.95. The van der Waals surface area contributed by atoms with Crippen LogP contribution in [0.2, 0.25) is 0 Å². The average molecular weight is 374 g/mol. The summed E-state index contributed by atoms with van der Waals surface area (Å²) in [7, 11) is 0. The number of hydrogen-bond acceptors (Lipinski definition) is 3. The lowest BCUT2D eigenvalue weighted by Crippen LogP contribution is -2.37. The Labute approximate surface area is 166 Å². The van der Waals surface area contributed by atoms with Crippen molar-refractivity contribution < 1.29 is 4.79 Å². The zero-order valence-electron chi connectivity index (χ0n) is 16.4. The van der Waals surface area contributed by atoms with Crippen molar-refractivity contribution in [2.45, 2.75) is 32.9 Å². The number of rotatable bonds is 5. The third-order valence-electron chi connectivity index (χ3n) is 5.39. The standard InChI is InChI=1S/C23H26N4O/c1-17-8-10-21(11-9-17)27-18(2)22(14-24-27)23(28)25-20-12-13-26(16-20)15-19-6-4-3-5-7-19/h3-11,14,20H,12-13,15-16H2,1-2H3,(H,25,28). The summed E-state index contributed by atoms with van der Waals surface area (Å²) in [6.45, 7) is 6.81. The number of carbonyl (C=O) groups excluding carboxylic acids is 1. The number of nitrogens with zero attached hydrogens (tertiary/aromatic N) is 3. The van der Waals surface area contributed by atoms with Gasteiger partial charge >= 0.3 is 0 Å². The molecule has 0 aliphatic carbocycles. The van der Waals surface area contributed by atoms with Crippen LogP contribution in [0.5, 0.6) is 0 Å². The van der Waals surface area contributed by atoms with Crippen LogP contribution < -0.4 is 5.32 Å². The van der Waals surface area contributed by atoms with E-state index in [9.17, 15) is 4.79 Å². The predicted molar refractivity (Wildman–Crippen MR) is 111 cm³/mol. The summed E-state index contributed by atoms with van der Waals surface area (Å²) >= 11 is 0. The van der Waals surface area contributed by atoms with E-state index in [1.807, 2.05) is 29.8 Å². The minimum atomic E-state index is -0.0394. The Morgan fingerprint density at radius 1 is 1.11 bits per heavy atom. The first-order valence-electron chi connectivity index (χ1n) is 9.79. The molecule has 28 heavy (non-hydrogen) atoms. The van der Waals surface area contributed by atoms with Gasteiger partial charge < -0.3 is 5.32 Å². The Bertz CT molecular complexity index is 946. The van der Waals surface area contributed by atoms with Crippen molar-refractivity contribution in [1.82, 2.24) is 20.0 Å². The third kappa shape index (κ3) is 3.99. The van der Waals surface area contributed by atoms with Crippen molar-refractivity contribution in [2.75, 3.05) is 13.1 Å². The molecule has 1 saturated heterocycles. The maximum absolute atomic E-state index is 12.8. The number of benzene rings is 2. The SMILES string of the molecule is Cc1ccc(-n2ncc(C(=O)NC3CCN(Cc4ccccc4)C3)c2C)cc1. The fourth-order valence-corrected chi connectivity index (χ4v) is 3.78. The van der Waals surface area contributed by atoms with Crippen LogP contribution in [-0.2, 0) is 6.54 Å². The second kappa shape index (κ2) is 7.98. The molecule has 144 valence electrons. The first-order valence-corrected chi connectivity index (χ1v) is 9.79. The van der Waals surface area contributed by atoms with Crippen LogP contribution >= 0.6 is 0 Å². The van der Waals surface area contributed by atoms with Gasteiger partial charge in [0.05, 0.1) is 23.1 Å². The van der Waals surface area contributed by atoms with E-state index in [4.69, 9.17) is 0 Å². The fourth-order valence-electron chi connectivity index (χ4n) is 3.78.